The highest BCUT2D eigenvalue weighted by molar-refractivity contribution is 5.41. The van der Waals surface area contributed by atoms with E-state index in [1.165, 1.54) is 6.07 Å². The van der Waals surface area contributed by atoms with Crippen LogP contribution in [0.2, 0.25) is 0 Å². The topological polar surface area (TPSA) is 63.5 Å². The molecule has 0 saturated heterocycles. The molecule has 4 nitrogen and oxygen atoms in total. The standard InChI is InChI=1S/C10H12FN3O/c11-7-2-1-5-14-6-8(13-10(7)14)9(15)3-4-12/h1-2,5-6,9,15H,3-4,12H2. The maximum atomic E-state index is 13.3. The summed E-state index contributed by atoms with van der Waals surface area (Å²) < 4.78 is 14.8. The van der Waals surface area contributed by atoms with E-state index in [1.807, 2.05) is 0 Å². The Hall–Kier alpha value is -1.46. The molecule has 0 saturated carbocycles. The molecule has 80 valence electrons. The van der Waals surface area contributed by atoms with Gasteiger partial charge in [0.25, 0.3) is 0 Å². The Morgan fingerprint density at radius 2 is 2.40 bits per heavy atom. The van der Waals surface area contributed by atoms with Gasteiger partial charge in [0.2, 0.25) is 0 Å². The van der Waals surface area contributed by atoms with Crippen LogP contribution in [-0.4, -0.2) is 21.0 Å². The fourth-order valence-electron chi connectivity index (χ4n) is 1.46. The van der Waals surface area contributed by atoms with Crippen LogP contribution in [0.4, 0.5) is 4.39 Å². The molecule has 3 N–H and O–H groups in total. The maximum Gasteiger partial charge on any atom is 0.173 e. The van der Waals surface area contributed by atoms with Crippen molar-refractivity contribution in [3.05, 3.63) is 36.0 Å². The third kappa shape index (κ3) is 1.84. The summed E-state index contributed by atoms with van der Waals surface area (Å²) in [6.07, 6.45) is 2.99. The second kappa shape index (κ2) is 3.96. The van der Waals surface area contributed by atoms with E-state index >= 15 is 0 Å². The summed E-state index contributed by atoms with van der Waals surface area (Å²) >= 11 is 0. The molecular weight excluding hydrogens is 197 g/mol. The Bertz CT molecular complexity index is 469. The zero-order valence-electron chi connectivity index (χ0n) is 8.10. The van der Waals surface area contributed by atoms with Crippen molar-refractivity contribution in [2.24, 2.45) is 5.73 Å². The molecule has 1 unspecified atom stereocenters. The van der Waals surface area contributed by atoms with Gasteiger partial charge in [-0.25, -0.2) is 9.37 Å². The maximum absolute atomic E-state index is 13.3. The summed E-state index contributed by atoms with van der Waals surface area (Å²) in [5, 5.41) is 9.63. The first-order valence-electron chi connectivity index (χ1n) is 4.73. The minimum Gasteiger partial charge on any atom is -0.387 e. The van der Waals surface area contributed by atoms with Crippen molar-refractivity contribution >= 4 is 5.65 Å². The average Bonchev–Trinajstić information content (AvgIpc) is 2.63. The number of aliphatic hydroxyl groups excluding tert-OH is 1. The number of fused-ring (bicyclic) bond motifs is 1. The number of nitrogens with zero attached hydrogens (tertiary/aromatic N) is 2. The van der Waals surface area contributed by atoms with Crippen LogP contribution >= 0.6 is 0 Å². The lowest BCUT2D eigenvalue weighted by Gasteiger charge is -2.03. The van der Waals surface area contributed by atoms with E-state index in [0.717, 1.165) is 0 Å². The van der Waals surface area contributed by atoms with E-state index < -0.39 is 11.9 Å². The normalized spacial score (nSPS) is 13.3. The highest BCUT2D eigenvalue weighted by Gasteiger charge is 2.12. The second-order valence-electron chi connectivity index (χ2n) is 3.35. The molecule has 0 amide bonds. The van der Waals surface area contributed by atoms with Crippen LogP contribution in [0.5, 0.6) is 0 Å². The zero-order chi connectivity index (χ0) is 10.8. The fourth-order valence-corrected chi connectivity index (χ4v) is 1.46. The number of imidazole rings is 1. The highest BCUT2D eigenvalue weighted by atomic mass is 19.1. The molecule has 2 heterocycles. The molecule has 2 rings (SSSR count). The molecule has 2 aromatic rings. The van der Waals surface area contributed by atoms with Crippen molar-refractivity contribution in [3.8, 4) is 0 Å². The average molecular weight is 209 g/mol. The van der Waals surface area contributed by atoms with Crippen LogP contribution in [0.25, 0.3) is 5.65 Å². The molecule has 0 aliphatic heterocycles. The van der Waals surface area contributed by atoms with Gasteiger partial charge in [-0.05, 0) is 25.1 Å². The molecule has 0 radical (unpaired) electrons. The van der Waals surface area contributed by atoms with Crippen LogP contribution in [0.15, 0.2) is 24.5 Å². The van der Waals surface area contributed by atoms with Crippen molar-refractivity contribution in [2.75, 3.05) is 6.54 Å². The van der Waals surface area contributed by atoms with Crippen molar-refractivity contribution in [3.63, 3.8) is 0 Å². The van der Waals surface area contributed by atoms with E-state index in [9.17, 15) is 9.50 Å². The van der Waals surface area contributed by atoms with Gasteiger partial charge in [-0.1, -0.05) is 0 Å². The van der Waals surface area contributed by atoms with Gasteiger partial charge < -0.3 is 15.2 Å². The summed E-state index contributed by atoms with van der Waals surface area (Å²) in [5.41, 5.74) is 6.00. The van der Waals surface area contributed by atoms with E-state index in [0.29, 0.717) is 18.7 Å². The van der Waals surface area contributed by atoms with Gasteiger partial charge in [-0.2, -0.15) is 0 Å². The Labute approximate surface area is 86.2 Å². The van der Waals surface area contributed by atoms with Gasteiger partial charge in [0.05, 0.1) is 11.8 Å². The first-order chi connectivity index (χ1) is 7.22. The lowest BCUT2D eigenvalue weighted by Crippen LogP contribution is -2.06. The van der Waals surface area contributed by atoms with Crippen LogP contribution in [0.1, 0.15) is 18.2 Å². The van der Waals surface area contributed by atoms with Crippen molar-refractivity contribution in [2.45, 2.75) is 12.5 Å². The predicted octanol–water partition coefficient (Wildman–Crippen LogP) is 0.856. The molecule has 0 fully saturated rings. The van der Waals surface area contributed by atoms with Crippen molar-refractivity contribution in [1.82, 2.24) is 9.38 Å². The first-order valence-corrected chi connectivity index (χ1v) is 4.73. The number of hydrogen-bond donors (Lipinski definition) is 2. The number of pyridine rings is 1. The quantitative estimate of drug-likeness (QED) is 0.787. The smallest absolute Gasteiger partial charge is 0.173 e. The van der Waals surface area contributed by atoms with Gasteiger partial charge in [0.15, 0.2) is 11.5 Å². The molecule has 1 atom stereocenters. The molecule has 15 heavy (non-hydrogen) atoms. The molecule has 2 aromatic heterocycles. The van der Waals surface area contributed by atoms with Crippen LogP contribution in [0.3, 0.4) is 0 Å². The summed E-state index contributed by atoms with van der Waals surface area (Å²) in [6.45, 7) is 0.373. The summed E-state index contributed by atoms with van der Waals surface area (Å²) in [5.74, 6) is -0.399. The molecule has 0 bridgehead atoms. The predicted molar refractivity (Wildman–Crippen MR) is 53.8 cm³/mol. The van der Waals surface area contributed by atoms with E-state index in [4.69, 9.17) is 5.73 Å². The minimum absolute atomic E-state index is 0.226. The number of hydrogen-bond acceptors (Lipinski definition) is 3. The first kappa shape index (κ1) is 10.1. The van der Waals surface area contributed by atoms with Crippen molar-refractivity contribution in [1.29, 1.82) is 0 Å². The summed E-state index contributed by atoms with van der Waals surface area (Å²) in [4.78, 5) is 4.01. The third-order valence-electron chi connectivity index (χ3n) is 2.24. The molecular formula is C10H12FN3O. The number of aromatic nitrogens is 2. The number of halogens is 1. The van der Waals surface area contributed by atoms with E-state index in [1.54, 1.807) is 22.9 Å². The largest absolute Gasteiger partial charge is 0.387 e. The Balaban J connectivity index is 2.43. The lowest BCUT2D eigenvalue weighted by atomic mass is 10.2. The Morgan fingerprint density at radius 1 is 1.60 bits per heavy atom. The number of nitrogens with two attached hydrogens (primary N) is 1. The number of aliphatic hydroxyl groups is 1. The van der Waals surface area contributed by atoms with E-state index in [2.05, 4.69) is 4.98 Å². The molecule has 5 heteroatoms. The molecule has 0 spiro atoms. The van der Waals surface area contributed by atoms with Crippen LogP contribution < -0.4 is 5.73 Å². The fraction of sp³-hybridized carbons (Fsp3) is 0.300. The Morgan fingerprint density at radius 3 is 3.07 bits per heavy atom. The molecule has 0 aromatic carbocycles. The lowest BCUT2D eigenvalue weighted by molar-refractivity contribution is 0.166. The van der Waals surface area contributed by atoms with Gasteiger partial charge in [-0.15, -0.1) is 0 Å². The van der Waals surface area contributed by atoms with Crippen molar-refractivity contribution < 1.29 is 9.50 Å². The number of rotatable bonds is 3. The monoisotopic (exact) mass is 209 g/mol. The molecule has 0 aliphatic rings. The highest BCUT2D eigenvalue weighted by Crippen LogP contribution is 2.17. The van der Waals surface area contributed by atoms with Gasteiger partial charge in [-0.3, -0.25) is 0 Å². The second-order valence-corrected chi connectivity index (χ2v) is 3.35. The third-order valence-corrected chi connectivity index (χ3v) is 2.24. The summed E-state index contributed by atoms with van der Waals surface area (Å²) in [6, 6.07) is 2.92. The van der Waals surface area contributed by atoms with Gasteiger partial charge in [0.1, 0.15) is 0 Å². The Kier molecular flexibility index (Phi) is 2.66. The molecule has 0 aliphatic carbocycles. The van der Waals surface area contributed by atoms with Crippen LogP contribution in [-0.2, 0) is 0 Å². The van der Waals surface area contributed by atoms with Crippen LogP contribution in [0, 0.1) is 5.82 Å². The minimum atomic E-state index is -0.728. The summed E-state index contributed by atoms with van der Waals surface area (Å²) in [7, 11) is 0. The zero-order valence-corrected chi connectivity index (χ0v) is 8.10. The van der Waals surface area contributed by atoms with E-state index in [-0.39, 0.29) is 5.65 Å². The van der Waals surface area contributed by atoms with Gasteiger partial charge in [0, 0.05) is 12.4 Å². The SMILES string of the molecule is NCCC(O)c1cn2cccc(F)c2n1. The van der Waals surface area contributed by atoms with Gasteiger partial charge >= 0.3 is 0 Å².